The maximum Gasteiger partial charge on any atom is 0.0601 e. The van der Waals surface area contributed by atoms with Crippen molar-refractivity contribution in [1.29, 1.82) is 0 Å². The van der Waals surface area contributed by atoms with Crippen molar-refractivity contribution in [3.05, 3.63) is 29.3 Å². The van der Waals surface area contributed by atoms with Crippen molar-refractivity contribution in [3.63, 3.8) is 0 Å². The number of hydrogen-bond donors (Lipinski definition) is 1. The van der Waals surface area contributed by atoms with Crippen LogP contribution >= 0.6 is 0 Å². The fourth-order valence-corrected chi connectivity index (χ4v) is 2.37. The average molecular weight is 228 g/mol. The van der Waals surface area contributed by atoms with Crippen LogP contribution in [-0.4, -0.2) is 24.5 Å². The van der Waals surface area contributed by atoms with Crippen LogP contribution in [0.2, 0.25) is 0 Å². The Morgan fingerprint density at radius 1 is 1.47 bits per heavy atom. The largest absolute Gasteiger partial charge is 0.384 e. The first-order valence-electron chi connectivity index (χ1n) is 6.35. The summed E-state index contributed by atoms with van der Waals surface area (Å²) in [6.07, 6.45) is 7.69. The lowest BCUT2D eigenvalue weighted by Crippen LogP contribution is -2.24. The molecule has 2 heteroatoms. The Morgan fingerprint density at radius 2 is 2.35 bits per heavy atom. The van der Waals surface area contributed by atoms with E-state index in [1.54, 1.807) is 0 Å². The van der Waals surface area contributed by atoms with E-state index in [4.69, 9.17) is 6.42 Å². The highest BCUT2D eigenvalue weighted by molar-refractivity contribution is 5.56. The molecule has 0 saturated carbocycles. The van der Waals surface area contributed by atoms with Crippen LogP contribution < -0.4 is 5.32 Å². The van der Waals surface area contributed by atoms with Gasteiger partial charge in [0.2, 0.25) is 0 Å². The molecule has 1 N–H and O–H groups in total. The standard InChI is InChI=1S/C15H20N2/c1-3-9-17(10-4-2)12-13-5-6-15-14(11-13)7-8-16-15/h1,5-6,11,16H,4,7-10,12H2,2H3. The molecule has 0 spiro atoms. The topological polar surface area (TPSA) is 15.3 Å². The van der Waals surface area contributed by atoms with Crippen molar-refractivity contribution < 1.29 is 0 Å². The summed E-state index contributed by atoms with van der Waals surface area (Å²) < 4.78 is 0. The molecule has 1 aromatic rings. The van der Waals surface area contributed by atoms with Gasteiger partial charge in [-0.3, -0.25) is 4.90 Å². The molecule has 2 nitrogen and oxygen atoms in total. The molecule has 0 atom stereocenters. The van der Waals surface area contributed by atoms with Crippen molar-refractivity contribution in [2.45, 2.75) is 26.3 Å². The van der Waals surface area contributed by atoms with E-state index in [-0.39, 0.29) is 0 Å². The lowest BCUT2D eigenvalue weighted by Gasteiger charge is -2.19. The van der Waals surface area contributed by atoms with Gasteiger partial charge in [-0.05, 0) is 36.6 Å². The minimum Gasteiger partial charge on any atom is -0.384 e. The quantitative estimate of drug-likeness (QED) is 0.779. The van der Waals surface area contributed by atoms with Crippen molar-refractivity contribution in [3.8, 4) is 12.3 Å². The van der Waals surface area contributed by atoms with Gasteiger partial charge in [-0.25, -0.2) is 0 Å². The summed E-state index contributed by atoms with van der Waals surface area (Å²) in [5.41, 5.74) is 4.11. The smallest absolute Gasteiger partial charge is 0.0601 e. The number of nitrogens with zero attached hydrogens (tertiary/aromatic N) is 1. The monoisotopic (exact) mass is 228 g/mol. The highest BCUT2D eigenvalue weighted by atomic mass is 15.1. The molecule has 1 aliphatic rings. The third-order valence-corrected chi connectivity index (χ3v) is 3.14. The first-order valence-corrected chi connectivity index (χ1v) is 6.35. The van der Waals surface area contributed by atoms with Crippen LogP contribution in [0.3, 0.4) is 0 Å². The van der Waals surface area contributed by atoms with Gasteiger partial charge in [0.15, 0.2) is 0 Å². The van der Waals surface area contributed by atoms with E-state index >= 15 is 0 Å². The van der Waals surface area contributed by atoms with Crippen LogP contribution in [0.1, 0.15) is 24.5 Å². The highest BCUT2D eigenvalue weighted by Gasteiger charge is 2.11. The molecule has 0 bridgehead atoms. The summed E-state index contributed by atoms with van der Waals surface area (Å²) in [7, 11) is 0. The van der Waals surface area contributed by atoms with Gasteiger partial charge in [0, 0.05) is 18.8 Å². The lowest BCUT2D eigenvalue weighted by molar-refractivity contribution is 0.299. The van der Waals surface area contributed by atoms with E-state index in [0.29, 0.717) is 0 Å². The molecule has 0 aliphatic carbocycles. The van der Waals surface area contributed by atoms with Crippen molar-refractivity contribution in [2.24, 2.45) is 0 Å². The second-order valence-corrected chi connectivity index (χ2v) is 4.58. The average Bonchev–Trinajstić information content (AvgIpc) is 2.77. The maximum absolute atomic E-state index is 5.40. The summed E-state index contributed by atoms with van der Waals surface area (Å²) in [6, 6.07) is 6.71. The third-order valence-electron chi connectivity index (χ3n) is 3.14. The molecule has 1 aliphatic heterocycles. The molecule has 1 heterocycles. The maximum atomic E-state index is 5.40. The Morgan fingerprint density at radius 3 is 3.12 bits per heavy atom. The van der Waals surface area contributed by atoms with Crippen molar-refractivity contribution in [1.82, 2.24) is 4.90 Å². The molecule has 17 heavy (non-hydrogen) atoms. The van der Waals surface area contributed by atoms with E-state index in [0.717, 1.165) is 39.0 Å². The van der Waals surface area contributed by atoms with Crippen molar-refractivity contribution in [2.75, 3.05) is 25.0 Å². The van der Waals surface area contributed by atoms with Crippen LogP contribution in [0.15, 0.2) is 18.2 Å². The second-order valence-electron chi connectivity index (χ2n) is 4.58. The Bertz CT molecular complexity index is 417. The Labute approximate surface area is 104 Å². The zero-order chi connectivity index (χ0) is 12.1. The fraction of sp³-hybridized carbons (Fsp3) is 0.467. The minimum absolute atomic E-state index is 0.739. The Balaban J connectivity index is 2.04. The SMILES string of the molecule is C#CCN(CCC)Cc1ccc2c(c1)CCN2. The molecule has 1 aromatic carbocycles. The van der Waals surface area contributed by atoms with Gasteiger partial charge >= 0.3 is 0 Å². The summed E-state index contributed by atoms with van der Waals surface area (Å²) in [5.74, 6) is 2.74. The number of nitrogens with one attached hydrogen (secondary N) is 1. The van der Waals surface area contributed by atoms with Gasteiger partial charge in [0.05, 0.1) is 6.54 Å². The Hall–Kier alpha value is -1.46. The second kappa shape index (κ2) is 5.75. The van der Waals surface area contributed by atoms with Crippen LogP contribution in [0.5, 0.6) is 0 Å². The van der Waals surface area contributed by atoms with Crippen LogP contribution in [0, 0.1) is 12.3 Å². The molecular formula is C15H20N2. The van der Waals surface area contributed by atoms with E-state index in [2.05, 4.69) is 41.3 Å². The molecule has 0 fully saturated rings. The van der Waals surface area contributed by atoms with E-state index < -0.39 is 0 Å². The van der Waals surface area contributed by atoms with Crippen LogP contribution in [0.25, 0.3) is 0 Å². The third kappa shape index (κ3) is 3.01. The molecule has 0 radical (unpaired) electrons. The van der Waals surface area contributed by atoms with Gasteiger partial charge in [0.1, 0.15) is 0 Å². The summed E-state index contributed by atoms with van der Waals surface area (Å²) in [4.78, 5) is 2.32. The molecule has 2 rings (SSSR count). The number of fused-ring (bicyclic) bond motifs is 1. The fourth-order valence-electron chi connectivity index (χ4n) is 2.37. The summed E-state index contributed by atoms with van der Waals surface area (Å²) in [6.45, 7) is 6.03. The van der Waals surface area contributed by atoms with Gasteiger partial charge in [-0.1, -0.05) is 25.0 Å². The molecule has 90 valence electrons. The number of anilines is 1. The predicted octanol–water partition coefficient (Wildman–Crippen LogP) is 2.50. The first kappa shape index (κ1) is 12.0. The molecule has 0 aromatic heterocycles. The number of benzene rings is 1. The molecule has 0 amide bonds. The normalized spacial score (nSPS) is 13.2. The van der Waals surface area contributed by atoms with Gasteiger partial charge < -0.3 is 5.32 Å². The molecule has 0 unspecified atom stereocenters. The summed E-state index contributed by atoms with van der Waals surface area (Å²) >= 11 is 0. The predicted molar refractivity (Wildman–Crippen MR) is 73.0 cm³/mol. The highest BCUT2D eigenvalue weighted by Crippen LogP contribution is 2.23. The zero-order valence-electron chi connectivity index (χ0n) is 10.5. The minimum atomic E-state index is 0.739. The van der Waals surface area contributed by atoms with Gasteiger partial charge in [-0.15, -0.1) is 6.42 Å². The van der Waals surface area contributed by atoms with E-state index in [1.165, 1.54) is 16.8 Å². The first-order chi connectivity index (χ1) is 8.33. The van der Waals surface area contributed by atoms with Crippen LogP contribution in [0.4, 0.5) is 5.69 Å². The number of terminal acetylenes is 1. The molecular weight excluding hydrogens is 208 g/mol. The van der Waals surface area contributed by atoms with E-state index in [1.807, 2.05) is 0 Å². The van der Waals surface area contributed by atoms with Gasteiger partial charge in [-0.2, -0.15) is 0 Å². The van der Waals surface area contributed by atoms with E-state index in [9.17, 15) is 0 Å². The van der Waals surface area contributed by atoms with Gasteiger partial charge in [0.25, 0.3) is 0 Å². The Kier molecular flexibility index (Phi) is 4.06. The number of rotatable bonds is 5. The van der Waals surface area contributed by atoms with Crippen molar-refractivity contribution >= 4 is 5.69 Å². The zero-order valence-corrected chi connectivity index (χ0v) is 10.5. The lowest BCUT2D eigenvalue weighted by atomic mass is 10.1. The number of hydrogen-bond acceptors (Lipinski definition) is 2. The van der Waals surface area contributed by atoms with Crippen LogP contribution in [-0.2, 0) is 13.0 Å². The molecule has 0 saturated heterocycles. The summed E-state index contributed by atoms with van der Waals surface area (Å²) in [5, 5.41) is 3.39.